The normalized spacial score (nSPS) is 27.4. The van der Waals surface area contributed by atoms with Crippen molar-refractivity contribution in [3.63, 3.8) is 0 Å². The number of halogens is 1. The van der Waals surface area contributed by atoms with E-state index >= 15 is 0 Å². The fourth-order valence-electron chi connectivity index (χ4n) is 6.11. The average molecular weight is 478 g/mol. The highest BCUT2D eigenvalue weighted by atomic mass is 32.2. The summed E-state index contributed by atoms with van der Waals surface area (Å²) in [6.45, 7) is 0.242. The van der Waals surface area contributed by atoms with Gasteiger partial charge in [0.25, 0.3) is 10.2 Å². The van der Waals surface area contributed by atoms with Crippen molar-refractivity contribution in [2.24, 2.45) is 11.8 Å². The molecule has 2 fully saturated rings. The van der Waals surface area contributed by atoms with Gasteiger partial charge in [-0.15, -0.1) is 0 Å². The Balaban J connectivity index is 1.31. The molecule has 34 heavy (non-hydrogen) atoms. The first-order chi connectivity index (χ1) is 16.4. The Morgan fingerprint density at radius 2 is 1.85 bits per heavy atom. The van der Waals surface area contributed by atoms with E-state index < -0.39 is 15.7 Å². The minimum absolute atomic E-state index is 0.121. The van der Waals surface area contributed by atoms with Crippen molar-refractivity contribution in [2.45, 2.75) is 31.2 Å². The second kappa shape index (κ2) is 7.73. The van der Waals surface area contributed by atoms with E-state index in [1.54, 1.807) is 18.5 Å². The predicted molar refractivity (Wildman–Crippen MR) is 125 cm³/mol. The molecular weight excluding hydrogens is 453 g/mol. The van der Waals surface area contributed by atoms with Crippen LogP contribution >= 0.6 is 0 Å². The minimum Gasteiger partial charge on any atom is -0.306 e. The molecule has 2 bridgehead atoms. The molecule has 2 heterocycles. The Morgan fingerprint density at radius 1 is 1.12 bits per heavy atom. The van der Waals surface area contributed by atoms with Crippen LogP contribution < -0.4 is 4.72 Å². The van der Waals surface area contributed by atoms with Crippen molar-refractivity contribution in [3.8, 4) is 23.0 Å². The molecule has 0 amide bonds. The molecule has 3 aliphatic rings. The Bertz CT molecular complexity index is 1410. The standard InChI is InChI=1S/C25H24FN5O2S/c26-22-5-7-23(8-6-22)30-14-24(28-16-30)18-2-1-17-12-20-3-4-21(13-19(17)11-18)25(20)15-31(10-9-27)34(32,33)29-25/h1-2,5-8,11,14,16,20-21,29H,3-4,10,12-13,15H2/t20-,21+,25+/m0/s1. The van der Waals surface area contributed by atoms with Gasteiger partial charge in [-0.1, -0.05) is 12.1 Å². The highest BCUT2D eigenvalue weighted by Gasteiger charge is 2.59. The number of fused-ring (bicyclic) bond motifs is 1. The summed E-state index contributed by atoms with van der Waals surface area (Å²) in [5.41, 5.74) is 4.65. The summed E-state index contributed by atoms with van der Waals surface area (Å²) in [5.74, 6) is 0.118. The van der Waals surface area contributed by atoms with E-state index in [9.17, 15) is 12.8 Å². The zero-order valence-electron chi connectivity index (χ0n) is 18.5. The summed E-state index contributed by atoms with van der Waals surface area (Å²) in [4.78, 5) is 4.57. The van der Waals surface area contributed by atoms with Gasteiger partial charge in [0, 0.05) is 24.0 Å². The van der Waals surface area contributed by atoms with Gasteiger partial charge in [0.2, 0.25) is 0 Å². The van der Waals surface area contributed by atoms with Crippen LogP contribution in [0.2, 0.25) is 0 Å². The first kappa shape index (κ1) is 21.5. The molecular formula is C25H24FN5O2S. The van der Waals surface area contributed by atoms with Gasteiger partial charge in [-0.05, 0) is 79.0 Å². The van der Waals surface area contributed by atoms with Crippen LogP contribution in [0.25, 0.3) is 16.9 Å². The van der Waals surface area contributed by atoms with E-state index in [0.717, 1.165) is 42.6 Å². The second-order valence-corrected chi connectivity index (χ2v) is 11.2. The van der Waals surface area contributed by atoms with Gasteiger partial charge in [-0.25, -0.2) is 9.37 Å². The number of benzene rings is 2. The van der Waals surface area contributed by atoms with Gasteiger partial charge in [-0.2, -0.15) is 22.7 Å². The molecule has 0 radical (unpaired) electrons. The van der Waals surface area contributed by atoms with Crippen LogP contribution in [-0.2, 0) is 23.1 Å². The lowest BCUT2D eigenvalue weighted by molar-refractivity contribution is 0.217. The van der Waals surface area contributed by atoms with Crippen molar-refractivity contribution in [1.29, 1.82) is 5.26 Å². The molecule has 1 aromatic heterocycles. The van der Waals surface area contributed by atoms with Crippen LogP contribution in [0.5, 0.6) is 0 Å². The smallest absolute Gasteiger partial charge is 0.281 e. The lowest BCUT2D eigenvalue weighted by Crippen LogP contribution is -2.52. The van der Waals surface area contributed by atoms with Crippen LogP contribution in [0.3, 0.4) is 0 Å². The maximum Gasteiger partial charge on any atom is 0.281 e. The maximum absolute atomic E-state index is 13.3. The Hall–Kier alpha value is -3.06. The summed E-state index contributed by atoms with van der Waals surface area (Å²) in [6.07, 6.45) is 7.22. The summed E-state index contributed by atoms with van der Waals surface area (Å²) in [7, 11) is -3.64. The lowest BCUT2D eigenvalue weighted by Gasteiger charge is -2.33. The third kappa shape index (κ3) is 3.36. The molecule has 9 heteroatoms. The third-order valence-corrected chi connectivity index (χ3v) is 9.38. The summed E-state index contributed by atoms with van der Waals surface area (Å²) in [5, 5.41) is 9.11. The number of hydrogen-bond acceptors (Lipinski definition) is 4. The second-order valence-electron chi connectivity index (χ2n) is 9.58. The van der Waals surface area contributed by atoms with Gasteiger partial charge >= 0.3 is 0 Å². The molecule has 1 N–H and O–H groups in total. The Morgan fingerprint density at radius 3 is 2.59 bits per heavy atom. The molecule has 6 rings (SSSR count). The topological polar surface area (TPSA) is 91.0 Å². The number of nitrogens with one attached hydrogen (secondary N) is 1. The highest BCUT2D eigenvalue weighted by Crippen LogP contribution is 2.50. The number of imidazole rings is 1. The number of hydrogen-bond donors (Lipinski definition) is 1. The Kier molecular flexibility index (Phi) is 4.88. The average Bonchev–Trinajstić information content (AvgIpc) is 3.45. The van der Waals surface area contributed by atoms with E-state index in [1.165, 1.54) is 27.6 Å². The van der Waals surface area contributed by atoms with Crippen molar-refractivity contribution < 1.29 is 12.8 Å². The number of rotatable bonds is 3. The van der Waals surface area contributed by atoms with Gasteiger partial charge in [0.15, 0.2) is 0 Å². The molecule has 1 aliphatic heterocycles. The van der Waals surface area contributed by atoms with Crippen molar-refractivity contribution >= 4 is 10.2 Å². The highest BCUT2D eigenvalue weighted by molar-refractivity contribution is 7.87. The van der Waals surface area contributed by atoms with E-state index in [-0.39, 0.29) is 24.2 Å². The molecule has 1 saturated carbocycles. The maximum atomic E-state index is 13.3. The first-order valence-electron chi connectivity index (χ1n) is 11.5. The van der Waals surface area contributed by atoms with Gasteiger partial charge < -0.3 is 4.57 Å². The van der Waals surface area contributed by atoms with Crippen LogP contribution in [-0.4, -0.2) is 40.9 Å². The predicted octanol–water partition coefficient (Wildman–Crippen LogP) is 3.22. The molecule has 2 aromatic carbocycles. The SMILES string of the molecule is N#CCN1C[C@]2(NS1(=O)=O)[C@@H]1CC[C@H]2Cc2ccc(-c3cn(-c4ccc(F)cc4)cn3)cc2C1. The molecule has 174 valence electrons. The first-order valence-corrected chi connectivity index (χ1v) is 12.9. The fourth-order valence-corrected chi connectivity index (χ4v) is 7.73. The van der Waals surface area contributed by atoms with Gasteiger partial charge in [0.05, 0.1) is 23.6 Å². The van der Waals surface area contributed by atoms with E-state index in [2.05, 4.69) is 27.9 Å². The summed E-state index contributed by atoms with van der Waals surface area (Å²) >= 11 is 0. The summed E-state index contributed by atoms with van der Waals surface area (Å²) < 4.78 is 44.9. The van der Waals surface area contributed by atoms with Crippen molar-refractivity contribution in [3.05, 3.63) is 71.9 Å². The van der Waals surface area contributed by atoms with Crippen LogP contribution in [0.4, 0.5) is 4.39 Å². The van der Waals surface area contributed by atoms with Gasteiger partial charge in [-0.3, -0.25) is 0 Å². The monoisotopic (exact) mass is 477 g/mol. The fraction of sp³-hybridized carbons (Fsp3) is 0.360. The number of aromatic nitrogens is 2. The van der Waals surface area contributed by atoms with Crippen LogP contribution in [0.1, 0.15) is 24.0 Å². The van der Waals surface area contributed by atoms with E-state index in [1.807, 2.05) is 16.8 Å². The van der Waals surface area contributed by atoms with Crippen molar-refractivity contribution in [1.82, 2.24) is 18.6 Å². The lowest BCUT2D eigenvalue weighted by atomic mass is 9.79. The molecule has 3 aromatic rings. The molecule has 2 aliphatic carbocycles. The van der Waals surface area contributed by atoms with Crippen LogP contribution in [0, 0.1) is 29.0 Å². The molecule has 7 nitrogen and oxygen atoms in total. The molecule has 1 spiro atoms. The number of nitrogens with zero attached hydrogens (tertiary/aromatic N) is 4. The molecule has 0 unspecified atom stereocenters. The Labute approximate surface area is 198 Å². The van der Waals surface area contributed by atoms with E-state index in [0.29, 0.717) is 6.54 Å². The van der Waals surface area contributed by atoms with Crippen LogP contribution in [0.15, 0.2) is 55.0 Å². The minimum atomic E-state index is -3.64. The molecule has 1 saturated heterocycles. The summed E-state index contributed by atoms with van der Waals surface area (Å²) in [6, 6.07) is 14.7. The zero-order valence-corrected chi connectivity index (χ0v) is 19.3. The third-order valence-electron chi connectivity index (χ3n) is 7.81. The quantitative estimate of drug-likeness (QED) is 0.587. The largest absolute Gasteiger partial charge is 0.306 e. The van der Waals surface area contributed by atoms with E-state index in [4.69, 9.17) is 5.26 Å². The van der Waals surface area contributed by atoms with Crippen molar-refractivity contribution in [2.75, 3.05) is 13.1 Å². The van der Waals surface area contributed by atoms with Gasteiger partial charge in [0.1, 0.15) is 12.4 Å². The zero-order chi connectivity index (χ0) is 23.5. The molecule has 3 atom stereocenters. The number of nitriles is 1.